The fourth-order valence-electron chi connectivity index (χ4n) is 0.994. The van der Waals surface area contributed by atoms with E-state index < -0.39 is 8.07 Å². The Balaban J connectivity index is 4.17. The van der Waals surface area contributed by atoms with E-state index in [0.717, 1.165) is 0 Å². The fourth-order valence-corrected chi connectivity index (χ4v) is 2.46. The maximum absolute atomic E-state index is 2.41. The Kier molecular flexibility index (Phi) is 3.65. The molecule has 0 aliphatic rings. The van der Waals surface area contributed by atoms with E-state index in [1.165, 1.54) is 5.57 Å². The molecule has 0 saturated carbocycles. The summed E-state index contributed by atoms with van der Waals surface area (Å²) in [5.41, 5.74) is 3.81. The molecule has 0 radical (unpaired) electrons. The van der Waals surface area contributed by atoms with Gasteiger partial charge in [0.25, 0.3) is 0 Å². The monoisotopic (exact) mass is 154 g/mol. The van der Waals surface area contributed by atoms with Crippen LogP contribution in [0.1, 0.15) is 13.8 Å². The molecule has 0 unspecified atom stereocenters. The van der Waals surface area contributed by atoms with Gasteiger partial charge in [0.2, 0.25) is 0 Å². The maximum Gasteiger partial charge on any atom is 0.0690 e. The van der Waals surface area contributed by atoms with Crippen LogP contribution in [0.15, 0.2) is 23.4 Å². The summed E-state index contributed by atoms with van der Waals surface area (Å²) in [5, 5.41) is 0. The van der Waals surface area contributed by atoms with Crippen molar-refractivity contribution < 1.29 is 0 Å². The molecule has 1 heteroatoms. The molecule has 0 aromatic heterocycles. The first-order chi connectivity index (χ1) is 4.45. The number of allylic oxidation sites excluding steroid dienone is 3. The van der Waals surface area contributed by atoms with Crippen LogP contribution >= 0.6 is 0 Å². The summed E-state index contributed by atoms with van der Waals surface area (Å²) >= 11 is 0. The summed E-state index contributed by atoms with van der Waals surface area (Å²) in [5.74, 6) is 0. The van der Waals surface area contributed by atoms with Crippen molar-refractivity contribution in [2.24, 2.45) is 0 Å². The van der Waals surface area contributed by atoms with Crippen molar-refractivity contribution >= 4 is 8.07 Å². The molecule has 0 aromatic carbocycles. The number of hydrogen-bond acceptors (Lipinski definition) is 0. The molecule has 0 atom stereocenters. The van der Waals surface area contributed by atoms with Crippen LogP contribution in [-0.4, -0.2) is 8.07 Å². The summed E-state index contributed by atoms with van der Waals surface area (Å²) < 4.78 is 0. The Labute approximate surface area is 65.7 Å². The highest BCUT2D eigenvalue weighted by Gasteiger charge is 2.07. The fraction of sp³-hybridized carbons (Fsp3) is 0.556. The van der Waals surface area contributed by atoms with Gasteiger partial charge in [-0.2, -0.15) is 0 Å². The van der Waals surface area contributed by atoms with E-state index >= 15 is 0 Å². The Morgan fingerprint density at radius 1 is 1.20 bits per heavy atom. The van der Waals surface area contributed by atoms with Gasteiger partial charge in [-0.15, -0.1) is 0 Å². The molecule has 58 valence electrons. The quantitative estimate of drug-likeness (QED) is 0.422. The SMILES string of the molecule is C/C=C/C(C)=C/[Si](C)(C)C. The zero-order valence-corrected chi connectivity index (χ0v) is 8.73. The second kappa shape index (κ2) is 3.77. The average molecular weight is 154 g/mol. The Bertz CT molecular complexity index is 147. The van der Waals surface area contributed by atoms with Crippen molar-refractivity contribution in [1.82, 2.24) is 0 Å². The first kappa shape index (κ1) is 9.70. The summed E-state index contributed by atoms with van der Waals surface area (Å²) in [7, 11) is -0.971. The van der Waals surface area contributed by atoms with Crippen LogP contribution in [0.25, 0.3) is 0 Å². The molecule has 0 aliphatic heterocycles. The van der Waals surface area contributed by atoms with Crippen LogP contribution in [-0.2, 0) is 0 Å². The van der Waals surface area contributed by atoms with Gasteiger partial charge in [-0.1, -0.05) is 43.1 Å². The van der Waals surface area contributed by atoms with Crippen LogP contribution in [0.5, 0.6) is 0 Å². The standard InChI is InChI=1S/C9H18Si/c1-6-7-9(2)8-10(3,4)5/h6-8H,1-5H3/b7-6+,9-8+. The van der Waals surface area contributed by atoms with Gasteiger partial charge in [-0.05, 0) is 13.8 Å². The highest BCUT2D eigenvalue weighted by Crippen LogP contribution is 2.07. The summed E-state index contributed by atoms with van der Waals surface area (Å²) in [6.45, 7) is 11.3. The second-order valence-corrected chi connectivity index (χ2v) is 8.78. The molecule has 0 bridgehead atoms. The normalized spacial score (nSPS) is 14.7. The lowest BCUT2D eigenvalue weighted by Crippen LogP contribution is -2.16. The maximum atomic E-state index is 2.41. The number of hydrogen-bond donors (Lipinski definition) is 0. The van der Waals surface area contributed by atoms with Crippen molar-refractivity contribution in [2.75, 3.05) is 0 Å². The van der Waals surface area contributed by atoms with Gasteiger partial charge in [-0.3, -0.25) is 0 Å². The first-order valence-corrected chi connectivity index (χ1v) is 7.35. The smallest absolute Gasteiger partial charge is 0.0690 e. The largest absolute Gasteiger partial charge is 0.0922 e. The van der Waals surface area contributed by atoms with E-state index in [4.69, 9.17) is 0 Å². The van der Waals surface area contributed by atoms with Crippen LogP contribution in [0.3, 0.4) is 0 Å². The van der Waals surface area contributed by atoms with E-state index in [-0.39, 0.29) is 0 Å². The molecular formula is C9H18Si. The van der Waals surface area contributed by atoms with Crippen molar-refractivity contribution in [2.45, 2.75) is 33.5 Å². The highest BCUT2D eigenvalue weighted by molar-refractivity contribution is 6.81. The van der Waals surface area contributed by atoms with E-state index in [9.17, 15) is 0 Å². The van der Waals surface area contributed by atoms with Gasteiger partial charge in [0.05, 0.1) is 8.07 Å². The van der Waals surface area contributed by atoms with Crippen molar-refractivity contribution in [3.05, 3.63) is 23.4 Å². The number of rotatable bonds is 2. The summed E-state index contributed by atoms with van der Waals surface area (Å²) in [4.78, 5) is 0. The molecular weight excluding hydrogens is 136 g/mol. The van der Waals surface area contributed by atoms with E-state index in [1.54, 1.807) is 0 Å². The molecule has 0 N–H and O–H groups in total. The zero-order chi connectivity index (χ0) is 8.20. The first-order valence-electron chi connectivity index (χ1n) is 3.78. The highest BCUT2D eigenvalue weighted by atomic mass is 28.3. The molecule has 0 saturated heterocycles. The van der Waals surface area contributed by atoms with Crippen molar-refractivity contribution in [3.63, 3.8) is 0 Å². The van der Waals surface area contributed by atoms with Crippen molar-refractivity contribution in [1.29, 1.82) is 0 Å². The predicted octanol–water partition coefficient (Wildman–Crippen LogP) is 3.39. The Morgan fingerprint density at radius 2 is 1.70 bits per heavy atom. The molecule has 10 heavy (non-hydrogen) atoms. The zero-order valence-electron chi connectivity index (χ0n) is 7.73. The van der Waals surface area contributed by atoms with Crippen LogP contribution in [0.4, 0.5) is 0 Å². The Morgan fingerprint density at radius 3 is 2.00 bits per heavy atom. The lowest BCUT2D eigenvalue weighted by molar-refractivity contribution is 1.50. The lowest BCUT2D eigenvalue weighted by atomic mass is 10.3. The minimum absolute atomic E-state index is 0.971. The second-order valence-electron chi connectivity index (χ2n) is 3.75. The van der Waals surface area contributed by atoms with Crippen molar-refractivity contribution in [3.8, 4) is 0 Å². The molecule has 0 rings (SSSR count). The van der Waals surface area contributed by atoms with Gasteiger partial charge in [0, 0.05) is 0 Å². The molecule has 0 nitrogen and oxygen atoms in total. The van der Waals surface area contributed by atoms with Gasteiger partial charge < -0.3 is 0 Å². The van der Waals surface area contributed by atoms with Crippen LogP contribution in [0, 0.1) is 0 Å². The molecule has 0 heterocycles. The van der Waals surface area contributed by atoms with Gasteiger partial charge >= 0.3 is 0 Å². The topological polar surface area (TPSA) is 0 Å². The molecule has 0 spiro atoms. The van der Waals surface area contributed by atoms with E-state index in [0.29, 0.717) is 0 Å². The third-order valence-electron chi connectivity index (χ3n) is 1.09. The van der Waals surface area contributed by atoms with Gasteiger partial charge in [0.1, 0.15) is 0 Å². The average Bonchev–Trinajstić information content (AvgIpc) is 1.59. The van der Waals surface area contributed by atoms with E-state index in [1.807, 2.05) is 0 Å². The minimum Gasteiger partial charge on any atom is -0.0922 e. The molecule has 0 fully saturated rings. The molecule has 0 aliphatic carbocycles. The molecule has 0 aromatic rings. The Hall–Kier alpha value is -0.303. The lowest BCUT2D eigenvalue weighted by Gasteiger charge is -2.09. The predicted molar refractivity (Wildman–Crippen MR) is 51.9 cm³/mol. The minimum atomic E-state index is -0.971. The van der Waals surface area contributed by atoms with E-state index in [2.05, 4.69) is 51.3 Å². The van der Waals surface area contributed by atoms with Crippen LogP contribution < -0.4 is 0 Å². The summed E-state index contributed by atoms with van der Waals surface area (Å²) in [6.07, 6.45) is 4.25. The summed E-state index contributed by atoms with van der Waals surface area (Å²) in [6, 6.07) is 0. The van der Waals surface area contributed by atoms with Gasteiger partial charge in [0.15, 0.2) is 0 Å². The molecule has 0 amide bonds. The van der Waals surface area contributed by atoms with Crippen LogP contribution in [0.2, 0.25) is 19.6 Å². The third kappa shape index (κ3) is 5.83. The van der Waals surface area contributed by atoms with Gasteiger partial charge in [-0.25, -0.2) is 0 Å². The third-order valence-corrected chi connectivity index (χ3v) is 2.41.